The van der Waals surface area contributed by atoms with E-state index >= 15 is 0 Å². The number of nitrogens with zero attached hydrogens (tertiary/aromatic N) is 2. The van der Waals surface area contributed by atoms with E-state index in [-0.39, 0.29) is 0 Å². The lowest BCUT2D eigenvalue weighted by Crippen LogP contribution is -2.26. The van der Waals surface area contributed by atoms with Crippen molar-refractivity contribution in [2.24, 2.45) is 0 Å². The van der Waals surface area contributed by atoms with E-state index in [1.807, 2.05) is 18.2 Å². The summed E-state index contributed by atoms with van der Waals surface area (Å²) in [5.41, 5.74) is 0. The highest BCUT2D eigenvalue weighted by atomic mass is 35.5. The van der Waals surface area contributed by atoms with Crippen molar-refractivity contribution in [1.82, 2.24) is 4.98 Å². The molecule has 0 bridgehead atoms. The van der Waals surface area contributed by atoms with Crippen LogP contribution in [0.15, 0.2) is 24.4 Å². The predicted molar refractivity (Wildman–Crippen MR) is 83.5 cm³/mol. The first-order chi connectivity index (χ1) is 9.74. The summed E-state index contributed by atoms with van der Waals surface area (Å²) >= 11 is 5.87. The Hall–Kier alpha value is -1.68. The van der Waals surface area contributed by atoms with E-state index in [1.54, 1.807) is 20.4 Å². The van der Waals surface area contributed by atoms with Gasteiger partial charge in [0.1, 0.15) is 5.82 Å². The normalized spacial score (nSPS) is 10.6. The minimum atomic E-state index is 0.569. The molecule has 4 nitrogen and oxygen atoms in total. The molecule has 0 aliphatic carbocycles. The molecule has 108 valence electrons. The SMILES string of the molecule is CCN(CCCl)c1nccc2cc(OC)c(OC)cc12. The minimum absolute atomic E-state index is 0.569. The Morgan fingerprint density at radius 1 is 1.20 bits per heavy atom. The van der Waals surface area contributed by atoms with E-state index in [0.29, 0.717) is 11.6 Å². The highest BCUT2D eigenvalue weighted by molar-refractivity contribution is 6.18. The molecule has 0 aliphatic heterocycles. The summed E-state index contributed by atoms with van der Waals surface area (Å²) in [6.45, 7) is 3.71. The lowest BCUT2D eigenvalue weighted by Gasteiger charge is -2.22. The predicted octanol–water partition coefficient (Wildman–Crippen LogP) is 3.32. The van der Waals surface area contributed by atoms with Crippen molar-refractivity contribution in [2.45, 2.75) is 6.92 Å². The summed E-state index contributed by atoms with van der Waals surface area (Å²) < 4.78 is 10.7. The number of benzene rings is 1. The molecule has 2 rings (SSSR count). The summed E-state index contributed by atoms with van der Waals surface area (Å²) in [6.07, 6.45) is 1.81. The Morgan fingerprint density at radius 2 is 1.90 bits per heavy atom. The van der Waals surface area contributed by atoms with Crippen LogP contribution in [0.1, 0.15) is 6.92 Å². The summed E-state index contributed by atoms with van der Waals surface area (Å²) in [6, 6.07) is 5.90. The van der Waals surface area contributed by atoms with E-state index in [2.05, 4.69) is 16.8 Å². The maximum atomic E-state index is 5.87. The molecule has 0 amide bonds. The highest BCUT2D eigenvalue weighted by Crippen LogP contribution is 2.35. The van der Waals surface area contributed by atoms with Crippen LogP contribution in [0.5, 0.6) is 11.5 Å². The van der Waals surface area contributed by atoms with Gasteiger partial charge in [0.05, 0.1) is 14.2 Å². The molecule has 5 heteroatoms. The Morgan fingerprint density at radius 3 is 2.50 bits per heavy atom. The first-order valence-corrected chi connectivity index (χ1v) is 7.10. The lowest BCUT2D eigenvalue weighted by atomic mass is 10.1. The molecule has 1 heterocycles. The number of methoxy groups -OCH3 is 2. The molecule has 1 aromatic carbocycles. The minimum Gasteiger partial charge on any atom is -0.493 e. The molecule has 0 fully saturated rings. The number of hydrogen-bond donors (Lipinski definition) is 0. The molecule has 0 N–H and O–H groups in total. The van der Waals surface area contributed by atoms with Crippen LogP contribution in [0.2, 0.25) is 0 Å². The molecule has 2 aromatic rings. The van der Waals surface area contributed by atoms with Crippen LogP contribution in [0.4, 0.5) is 5.82 Å². The van der Waals surface area contributed by atoms with Crippen molar-refractivity contribution in [3.8, 4) is 11.5 Å². The molecule has 0 aliphatic rings. The molecule has 20 heavy (non-hydrogen) atoms. The molecule has 0 unspecified atom stereocenters. The van der Waals surface area contributed by atoms with Gasteiger partial charge in [0.15, 0.2) is 11.5 Å². The van der Waals surface area contributed by atoms with E-state index in [1.165, 1.54) is 0 Å². The van der Waals surface area contributed by atoms with Crippen LogP contribution in [-0.4, -0.2) is 38.2 Å². The van der Waals surface area contributed by atoms with Gasteiger partial charge in [0.25, 0.3) is 0 Å². The second kappa shape index (κ2) is 6.66. The number of anilines is 1. The maximum absolute atomic E-state index is 5.87. The van der Waals surface area contributed by atoms with Crippen LogP contribution in [0.3, 0.4) is 0 Å². The Labute approximate surface area is 124 Å². The summed E-state index contributed by atoms with van der Waals surface area (Å²) in [7, 11) is 3.27. The number of pyridine rings is 1. The molecule has 0 atom stereocenters. The third-order valence-corrected chi connectivity index (χ3v) is 3.45. The number of aromatic nitrogens is 1. The molecule has 1 aromatic heterocycles. The zero-order valence-electron chi connectivity index (χ0n) is 12.0. The van der Waals surface area contributed by atoms with Gasteiger partial charge in [-0.15, -0.1) is 11.6 Å². The van der Waals surface area contributed by atoms with Crippen LogP contribution in [-0.2, 0) is 0 Å². The second-order valence-electron chi connectivity index (χ2n) is 4.33. The number of halogens is 1. The average Bonchev–Trinajstić information content (AvgIpc) is 2.50. The van der Waals surface area contributed by atoms with Gasteiger partial charge in [-0.3, -0.25) is 0 Å². The van der Waals surface area contributed by atoms with Crippen molar-refractivity contribution in [2.75, 3.05) is 38.1 Å². The van der Waals surface area contributed by atoms with E-state index < -0.39 is 0 Å². The zero-order chi connectivity index (χ0) is 14.5. The first kappa shape index (κ1) is 14.7. The van der Waals surface area contributed by atoms with Crippen LogP contribution < -0.4 is 14.4 Å². The van der Waals surface area contributed by atoms with E-state index in [9.17, 15) is 0 Å². The summed E-state index contributed by atoms with van der Waals surface area (Å²) in [5.74, 6) is 2.92. The second-order valence-corrected chi connectivity index (χ2v) is 4.71. The van der Waals surface area contributed by atoms with Crippen molar-refractivity contribution in [1.29, 1.82) is 0 Å². The number of hydrogen-bond acceptors (Lipinski definition) is 4. The fourth-order valence-corrected chi connectivity index (χ4v) is 2.46. The van der Waals surface area contributed by atoms with Crippen molar-refractivity contribution < 1.29 is 9.47 Å². The van der Waals surface area contributed by atoms with Gasteiger partial charge in [-0.25, -0.2) is 4.98 Å². The quantitative estimate of drug-likeness (QED) is 0.766. The third-order valence-electron chi connectivity index (χ3n) is 3.28. The van der Waals surface area contributed by atoms with Crippen LogP contribution in [0, 0.1) is 0 Å². The molecular formula is C15H19ClN2O2. The lowest BCUT2D eigenvalue weighted by molar-refractivity contribution is 0.356. The van der Waals surface area contributed by atoms with E-state index in [0.717, 1.165) is 35.4 Å². The molecule has 0 spiro atoms. The number of ether oxygens (including phenoxy) is 2. The van der Waals surface area contributed by atoms with Gasteiger partial charge in [0.2, 0.25) is 0 Å². The van der Waals surface area contributed by atoms with Crippen LogP contribution in [0.25, 0.3) is 10.8 Å². The largest absolute Gasteiger partial charge is 0.493 e. The Kier molecular flexibility index (Phi) is 4.90. The van der Waals surface area contributed by atoms with Gasteiger partial charge < -0.3 is 14.4 Å². The van der Waals surface area contributed by atoms with Crippen molar-refractivity contribution in [3.63, 3.8) is 0 Å². The van der Waals surface area contributed by atoms with Crippen LogP contribution >= 0.6 is 11.6 Å². The van der Waals surface area contributed by atoms with Gasteiger partial charge >= 0.3 is 0 Å². The van der Waals surface area contributed by atoms with Gasteiger partial charge in [-0.05, 0) is 30.5 Å². The average molecular weight is 295 g/mol. The molecular weight excluding hydrogens is 276 g/mol. The van der Waals surface area contributed by atoms with Crippen molar-refractivity contribution >= 4 is 28.2 Å². The monoisotopic (exact) mass is 294 g/mol. The fraction of sp³-hybridized carbons (Fsp3) is 0.400. The first-order valence-electron chi connectivity index (χ1n) is 6.56. The smallest absolute Gasteiger partial charge is 0.161 e. The van der Waals surface area contributed by atoms with Gasteiger partial charge in [0, 0.05) is 30.6 Å². The molecule has 0 saturated heterocycles. The topological polar surface area (TPSA) is 34.6 Å². The Balaban J connectivity index is 2.61. The van der Waals surface area contributed by atoms with E-state index in [4.69, 9.17) is 21.1 Å². The Bertz CT molecular complexity index is 589. The number of alkyl halides is 1. The highest BCUT2D eigenvalue weighted by Gasteiger charge is 2.13. The third kappa shape index (κ3) is 2.75. The zero-order valence-corrected chi connectivity index (χ0v) is 12.8. The number of fused-ring (bicyclic) bond motifs is 1. The number of rotatable bonds is 6. The van der Waals surface area contributed by atoms with Gasteiger partial charge in [-0.1, -0.05) is 0 Å². The standard InChI is InChI=1S/C15H19ClN2O2/c1-4-18(8-6-16)15-12-10-14(20-3)13(19-2)9-11(12)5-7-17-15/h5,7,9-10H,4,6,8H2,1-3H3. The molecule has 0 saturated carbocycles. The summed E-state index contributed by atoms with van der Waals surface area (Å²) in [4.78, 5) is 6.65. The fourth-order valence-electron chi connectivity index (χ4n) is 2.25. The van der Waals surface area contributed by atoms with Crippen molar-refractivity contribution in [3.05, 3.63) is 24.4 Å². The van der Waals surface area contributed by atoms with Gasteiger partial charge in [-0.2, -0.15) is 0 Å². The molecule has 0 radical (unpaired) electrons. The maximum Gasteiger partial charge on any atom is 0.161 e. The summed E-state index contributed by atoms with van der Waals surface area (Å²) in [5, 5.41) is 2.11.